The molecule has 0 radical (unpaired) electrons. The van der Waals surface area contributed by atoms with Crippen LogP contribution in [0.1, 0.15) is 22.3 Å². The molecule has 182 valence electrons. The van der Waals surface area contributed by atoms with Gasteiger partial charge in [0.1, 0.15) is 0 Å². The van der Waals surface area contributed by atoms with E-state index in [2.05, 4.69) is 24.3 Å². The molecule has 0 aromatic heterocycles. The summed E-state index contributed by atoms with van der Waals surface area (Å²) < 4.78 is 32.8. The van der Waals surface area contributed by atoms with Gasteiger partial charge in [-0.05, 0) is 84.3 Å². The van der Waals surface area contributed by atoms with Gasteiger partial charge < -0.3 is 28.4 Å². The molecule has 0 unspecified atom stereocenters. The maximum Gasteiger partial charge on any atom is 0.161 e. The van der Waals surface area contributed by atoms with Gasteiger partial charge in [0.2, 0.25) is 0 Å². The Morgan fingerprint density at radius 1 is 0.382 bits per heavy atom. The normalized spacial score (nSPS) is 10.5. The van der Waals surface area contributed by atoms with E-state index >= 15 is 0 Å². The van der Waals surface area contributed by atoms with Gasteiger partial charge in [0.05, 0.1) is 42.7 Å². The standard InChI is InChI=1S/C28H34O6/c1-29-23-13-9-19(15-25(23)31-3)7-11-21-17-27(33-5)28(34-6)18-22(21)12-8-20-10-14-24(30-2)26(16-20)32-4/h9-10,13-18H,7-8,11-12H2,1-6H3. The van der Waals surface area contributed by atoms with Crippen molar-refractivity contribution in [3.63, 3.8) is 0 Å². The first-order valence-electron chi connectivity index (χ1n) is 11.2. The largest absolute Gasteiger partial charge is 0.493 e. The second kappa shape index (κ2) is 12.1. The van der Waals surface area contributed by atoms with Gasteiger partial charge in [0, 0.05) is 0 Å². The third-order valence-corrected chi connectivity index (χ3v) is 5.97. The second-order valence-corrected chi connectivity index (χ2v) is 7.85. The zero-order valence-electron chi connectivity index (χ0n) is 20.9. The molecule has 3 aromatic rings. The van der Waals surface area contributed by atoms with Crippen LogP contribution >= 0.6 is 0 Å². The maximum absolute atomic E-state index is 5.58. The summed E-state index contributed by atoms with van der Waals surface area (Å²) in [6.45, 7) is 0. The van der Waals surface area contributed by atoms with E-state index in [1.807, 2.05) is 24.3 Å². The first kappa shape index (κ1) is 25.1. The molecule has 0 aliphatic carbocycles. The predicted molar refractivity (Wildman–Crippen MR) is 133 cm³/mol. The highest BCUT2D eigenvalue weighted by molar-refractivity contribution is 5.49. The summed E-state index contributed by atoms with van der Waals surface area (Å²) in [7, 11) is 9.93. The van der Waals surface area contributed by atoms with E-state index in [-0.39, 0.29) is 0 Å². The number of aryl methyl sites for hydroxylation is 4. The molecule has 0 atom stereocenters. The molecule has 0 bridgehead atoms. The van der Waals surface area contributed by atoms with Gasteiger partial charge in [0.25, 0.3) is 0 Å². The van der Waals surface area contributed by atoms with Crippen LogP contribution in [0.2, 0.25) is 0 Å². The van der Waals surface area contributed by atoms with Crippen molar-refractivity contribution in [3.8, 4) is 34.5 Å². The highest BCUT2D eigenvalue weighted by Crippen LogP contribution is 2.34. The lowest BCUT2D eigenvalue weighted by molar-refractivity contribution is 0.353. The van der Waals surface area contributed by atoms with Crippen molar-refractivity contribution >= 4 is 0 Å². The third kappa shape index (κ3) is 5.87. The monoisotopic (exact) mass is 466 g/mol. The molecule has 0 saturated heterocycles. The Morgan fingerprint density at radius 2 is 0.706 bits per heavy atom. The van der Waals surface area contributed by atoms with Crippen LogP contribution < -0.4 is 28.4 Å². The lowest BCUT2D eigenvalue weighted by Crippen LogP contribution is -2.03. The zero-order valence-corrected chi connectivity index (χ0v) is 20.9. The van der Waals surface area contributed by atoms with Crippen LogP contribution in [0.25, 0.3) is 0 Å². The Labute approximate surface area is 202 Å². The molecule has 6 heteroatoms. The fourth-order valence-corrected chi connectivity index (χ4v) is 4.06. The van der Waals surface area contributed by atoms with E-state index in [0.29, 0.717) is 0 Å². The van der Waals surface area contributed by atoms with E-state index in [9.17, 15) is 0 Å². The second-order valence-electron chi connectivity index (χ2n) is 7.85. The molecule has 3 aromatic carbocycles. The highest BCUT2D eigenvalue weighted by Gasteiger charge is 2.13. The fraction of sp³-hybridized carbons (Fsp3) is 0.357. The fourth-order valence-electron chi connectivity index (χ4n) is 4.06. The van der Waals surface area contributed by atoms with E-state index in [1.165, 1.54) is 22.3 Å². The van der Waals surface area contributed by atoms with Crippen molar-refractivity contribution in [3.05, 3.63) is 70.8 Å². The van der Waals surface area contributed by atoms with Gasteiger partial charge in [-0.2, -0.15) is 0 Å². The van der Waals surface area contributed by atoms with Crippen molar-refractivity contribution in [1.29, 1.82) is 0 Å². The number of hydrogen-bond acceptors (Lipinski definition) is 6. The van der Waals surface area contributed by atoms with Gasteiger partial charge >= 0.3 is 0 Å². The minimum Gasteiger partial charge on any atom is -0.493 e. The van der Waals surface area contributed by atoms with Crippen molar-refractivity contribution < 1.29 is 28.4 Å². The Kier molecular flexibility index (Phi) is 8.91. The number of hydrogen-bond donors (Lipinski definition) is 0. The Morgan fingerprint density at radius 3 is 1.03 bits per heavy atom. The molecule has 0 saturated carbocycles. The van der Waals surface area contributed by atoms with Crippen LogP contribution in [0, 0.1) is 0 Å². The molecule has 3 rings (SSSR count). The summed E-state index contributed by atoms with van der Waals surface area (Å²) in [6.07, 6.45) is 3.44. The topological polar surface area (TPSA) is 55.4 Å². The molecule has 34 heavy (non-hydrogen) atoms. The molecule has 6 nitrogen and oxygen atoms in total. The molecular weight excluding hydrogens is 432 g/mol. The quantitative estimate of drug-likeness (QED) is 0.361. The summed E-state index contributed by atoms with van der Waals surface area (Å²) in [5.41, 5.74) is 4.82. The van der Waals surface area contributed by atoms with Crippen LogP contribution in [0.3, 0.4) is 0 Å². The first-order chi connectivity index (χ1) is 16.6. The first-order valence-corrected chi connectivity index (χ1v) is 11.2. The van der Waals surface area contributed by atoms with Crippen LogP contribution in [0.4, 0.5) is 0 Å². The highest BCUT2D eigenvalue weighted by atomic mass is 16.5. The van der Waals surface area contributed by atoms with Gasteiger partial charge in [-0.25, -0.2) is 0 Å². The number of rotatable bonds is 12. The zero-order chi connectivity index (χ0) is 24.5. The summed E-state index contributed by atoms with van der Waals surface area (Å²) in [5, 5.41) is 0. The molecular formula is C28H34O6. The molecule has 0 fully saturated rings. The third-order valence-electron chi connectivity index (χ3n) is 5.97. The molecule has 0 heterocycles. The van der Waals surface area contributed by atoms with Crippen LogP contribution in [0.15, 0.2) is 48.5 Å². The molecule has 0 aliphatic heterocycles. The smallest absolute Gasteiger partial charge is 0.161 e. The molecule has 0 N–H and O–H groups in total. The van der Waals surface area contributed by atoms with Crippen molar-refractivity contribution in [1.82, 2.24) is 0 Å². The summed E-state index contributed by atoms with van der Waals surface area (Å²) in [6, 6.07) is 16.3. The van der Waals surface area contributed by atoms with Gasteiger partial charge in [-0.15, -0.1) is 0 Å². The Bertz CT molecular complexity index is 1010. The van der Waals surface area contributed by atoms with E-state index in [4.69, 9.17) is 28.4 Å². The predicted octanol–water partition coefficient (Wildman–Crippen LogP) is 5.31. The van der Waals surface area contributed by atoms with Crippen molar-refractivity contribution in [2.45, 2.75) is 25.7 Å². The SMILES string of the molecule is COc1ccc(CCc2cc(OC)c(OC)cc2CCc2ccc(OC)c(OC)c2)cc1OC. The number of benzene rings is 3. The molecule has 0 amide bonds. The Balaban J connectivity index is 1.84. The minimum atomic E-state index is 0.730. The lowest BCUT2D eigenvalue weighted by atomic mass is 9.94. The summed E-state index contributed by atoms with van der Waals surface area (Å²) in [4.78, 5) is 0. The lowest BCUT2D eigenvalue weighted by Gasteiger charge is -2.16. The molecule has 0 spiro atoms. The van der Waals surface area contributed by atoms with Crippen LogP contribution in [0.5, 0.6) is 34.5 Å². The summed E-state index contributed by atoms with van der Waals surface area (Å²) in [5.74, 6) is 4.40. The van der Waals surface area contributed by atoms with Crippen LogP contribution in [-0.4, -0.2) is 42.7 Å². The number of ether oxygens (including phenoxy) is 6. The van der Waals surface area contributed by atoms with Gasteiger partial charge in [0.15, 0.2) is 34.5 Å². The average Bonchev–Trinajstić information content (AvgIpc) is 2.89. The maximum atomic E-state index is 5.58. The molecule has 0 aliphatic rings. The van der Waals surface area contributed by atoms with Gasteiger partial charge in [-0.3, -0.25) is 0 Å². The average molecular weight is 467 g/mol. The summed E-state index contributed by atoms with van der Waals surface area (Å²) >= 11 is 0. The van der Waals surface area contributed by atoms with Crippen molar-refractivity contribution in [2.24, 2.45) is 0 Å². The number of methoxy groups -OCH3 is 6. The van der Waals surface area contributed by atoms with Gasteiger partial charge in [-0.1, -0.05) is 12.1 Å². The van der Waals surface area contributed by atoms with Crippen molar-refractivity contribution in [2.75, 3.05) is 42.7 Å². The van der Waals surface area contributed by atoms with E-state index in [0.717, 1.165) is 60.2 Å². The van der Waals surface area contributed by atoms with E-state index in [1.54, 1.807) is 42.7 Å². The Hall–Kier alpha value is -3.54. The van der Waals surface area contributed by atoms with Crippen LogP contribution in [-0.2, 0) is 25.7 Å². The minimum absolute atomic E-state index is 0.730. The van der Waals surface area contributed by atoms with E-state index < -0.39 is 0 Å².